The molecule has 0 atom stereocenters. The Morgan fingerprint density at radius 3 is 2.90 bits per heavy atom. The largest absolute Gasteiger partial charge is 0.453 e. The van der Waals surface area contributed by atoms with Crippen molar-refractivity contribution < 1.29 is 14.3 Å². The van der Waals surface area contributed by atoms with Crippen molar-refractivity contribution in [2.75, 3.05) is 6.61 Å². The second-order valence-corrected chi connectivity index (χ2v) is 1.57. The molecule has 0 fully saturated rings. The van der Waals surface area contributed by atoms with E-state index in [2.05, 4.69) is 16.1 Å². The minimum absolute atomic E-state index is 0.0677. The molecule has 0 aromatic carbocycles. The molecule has 0 heterocycles. The Morgan fingerprint density at radius 2 is 2.50 bits per heavy atom. The van der Waals surface area contributed by atoms with Crippen molar-refractivity contribution in [2.45, 2.75) is 6.92 Å². The maximum absolute atomic E-state index is 10.6. The Balaban J connectivity index is 3.85. The molecule has 0 N–H and O–H groups in total. The van der Waals surface area contributed by atoms with Crippen LogP contribution >= 0.6 is 0 Å². The van der Waals surface area contributed by atoms with Crippen LogP contribution in [0.3, 0.4) is 0 Å². The SMILES string of the molecule is C=CCOC(=O)C(C)=[N+]=[N-]. The lowest BCUT2D eigenvalue weighted by Crippen LogP contribution is -2.14. The zero-order valence-corrected chi connectivity index (χ0v) is 5.70. The molecule has 0 aliphatic rings. The molecule has 0 bridgehead atoms. The number of ether oxygens (including phenoxy) is 1. The Hall–Kier alpha value is -1.41. The first kappa shape index (κ1) is 8.59. The summed E-state index contributed by atoms with van der Waals surface area (Å²) in [5.41, 5.74) is 8.00. The number of carbonyl (C=O) groups excluding carboxylic acids is 1. The van der Waals surface area contributed by atoms with Gasteiger partial charge in [0, 0.05) is 6.92 Å². The molecule has 0 rings (SSSR count). The Labute approximate surface area is 58.7 Å². The molecular weight excluding hydrogens is 132 g/mol. The van der Waals surface area contributed by atoms with Crippen LogP contribution in [0.4, 0.5) is 0 Å². The summed E-state index contributed by atoms with van der Waals surface area (Å²) in [4.78, 5) is 13.2. The lowest BCUT2D eigenvalue weighted by atomic mass is 10.4. The summed E-state index contributed by atoms with van der Waals surface area (Å²) in [6.45, 7) is 4.82. The molecule has 0 unspecified atom stereocenters. The van der Waals surface area contributed by atoms with E-state index in [4.69, 9.17) is 5.53 Å². The lowest BCUT2D eigenvalue weighted by Gasteiger charge is -1.92. The monoisotopic (exact) mass is 140 g/mol. The average Bonchev–Trinajstić information content (AvgIpc) is 1.98. The van der Waals surface area contributed by atoms with E-state index >= 15 is 0 Å². The molecule has 0 aliphatic heterocycles. The van der Waals surface area contributed by atoms with Gasteiger partial charge in [-0.3, -0.25) is 0 Å². The first-order valence-electron chi connectivity index (χ1n) is 2.69. The minimum atomic E-state index is -0.637. The van der Waals surface area contributed by atoms with Crippen molar-refractivity contribution >= 4 is 11.7 Å². The predicted octanol–water partition coefficient (Wildman–Crippen LogP) is 0.406. The van der Waals surface area contributed by atoms with Crippen molar-refractivity contribution in [1.29, 1.82) is 0 Å². The third-order valence-electron chi connectivity index (χ3n) is 0.778. The van der Waals surface area contributed by atoms with E-state index in [1.54, 1.807) is 0 Å². The fraction of sp³-hybridized carbons (Fsp3) is 0.333. The van der Waals surface area contributed by atoms with E-state index in [9.17, 15) is 4.79 Å². The highest BCUT2D eigenvalue weighted by Crippen LogP contribution is 1.79. The highest BCUT2D eigenvalue weighted by atomic mass is 16.5. The smallest absolute Gasteiger partial charge is 0.416 e. The molecular formula is C6H8N2O2. The Kier molecular flexibility index (Phi) is 3.84. The summed E-state index contributed by atoms with van der Waals surface area (Å²) in [5, 5.41) is 0. The molecule has 0 aromatic rings. The van der Waals surface area contributed by atoms with Gasteiger partial charge in [-0.2, -0.15) is 4.79 Å². The van der Waals surface area contributed by atoms with Crippen LogP contribution in [0.25, 0.3) is 5.53 Å². The van der Waals surface area contributed by atoms with Gasteiger partial charge in [0.05, 0.1) is 0 Å². The predicted molar refractivity (Wildman–Crippen MR) is 35.5 cm³/mol. The van der Waals surface area contributed by atoms with Crippen molar-refractivity contribution in [3.05, 3.63) is 18.2 Å². The summed E-state index contributed by atoms with van der Waals surface area (Å²) < 4.78 is 4.50. The highest BCUT2D eigenvalue weighted by molar-refractivity contribution is 6.32. The van der Waals surface area contributed by atoms with Gasteiger partial charge >= 0.3 is 11.7 Å². The number of carbonyl (C=O) groups is 1. The number of esters is 1. The lowest BCUT2D eigenvalue weighted by molar-refractivity contribution is -0.139. The molecule has 0 spiro atoms. The number of hydrogen-bond acceptors (Lipinski definition) is 2. The van der Waals surface area contributed by atoms with Gasteiger partial charge in [-0.1, -0.05) is 12.7 Å². The number of rotatable bonds is 3. The fourth-order valence-corrected chi connectivity index (χ4v) is 0.280. The maximum atomic E-state index is 10.6. The summed E-state index contributed by atoms with van der Waals surface area (Å²) >= 11 is 0. The standard InChI is InChI=1S/C6H8N2O2/c1-3-4-10-6(9)5(2)8-7/h3H,1,4H2,2H3. The van der Waals surface area contributed by atoms with Gasteiger partial charge in [-0.15, -0.1) is 0 Å². The Bertz CT molecular complexity index is 192. The molecule has 54 valence electrons. The van der Waals surface area contributed by atoms with E-state index in [1.165, 1.54) is 13.0 Å². The first-order chi connectivity index (χ1) is 4.72. The summed E-state index contributed by atoms with van der Waals surface area (Å²) in [6.07, 6.45) is 1.43. The molecule has 0 saturated heterocycles. The van der Waals surface area contributed by atoms with Crippen LogP contribution in [0.2, 0.25) is 0 Å². The zero-order valence-electron chi connectivity index (χ0n) is 5.70. The van der Waals surface area contributed by atoms with E-state index < -0.39 is 5.97 Å². The summed E-state index contributed by atoms with van der Waals surface area (Å²) in [7, 11) is 0. The number of hydrogen-bond donors (Lipinski definition) is 0. The van der Waals surface area contributed by atoms with Crippen LogP contribution in [0.5, 0.6) is 0 Å². The van der Waals surface area contributed by atoms with E-state index in [1.807, 2.05) is 0 Å². The van der Waals surface area contributed by atoms with Gasteiger partial charge in [-0.25, -0.2) is 4.79 Å². The van der Waals surface area contributed by atoms with Crippen LogP contribution in [0, 0.1) is 0 Å². The Morgan fingerprint density at radius 1 is 1.90 bits per heavy atom. The van der Waals surface area contributed by atoms with Gasteiger partial charge in [-0.05, 0) is 0 Å². The zero-order chi connectivity index (χ0) is 7.98. The second-order valence-electron chi connectivity index (χ2n) is 1.57. The average molecular weight is 140 g/mol. The van der Waals surface area contributed by atoms with Crippen molar-refractivity contribution in [3.8, 4) is 0 Å². The van der Waals surface area contributed by atoms with Crippen LogP contribution in [0.1, 0.15) is 6.92 Å². The van der Waals surface area contributed by atoms with Crippen molar-refractivity contribution in [2.24, 2.45) is 0 Å². The van der Waals surface area contributed by atoms with Crippen molar-refractivity contribution in [3.63, 3.8) is 0 Å². The molecule has 0 amide bonds. The quantitative estimate of drug-likeness (QED) is 0.187. The van der Waals surface area contributed by atoms with Gasteiger partial charge in [0.25, 0.3) is 0 Å². The molecule has 0 radical (unpaired) electrons. The van der Waals surface area contributed by atoms with Crippen LogP contribution < -0.4 is 0 Å². The van der Waals surface area contributed by atoms with Gasteiger partial charge in [0.2, 0.25) is 0 Å². The normalized spacial score (nSPS) is 7.70. The van der Waals surface area contributed by atoms with E-state index in [0.29, 0.717) is 0 Å². The second kappa shape index (κ2) is 4.47. The van der Waals surface area contributed by atoms with Gasteiger partial charge in [0.15, 0.2) is 0 Å². The van der Waals surface area contributed by atoms with Crippen LogP contribution in [0.15, 0.2) is 12.7 Å². The molecule has 4 nitrogen and oxygen atoms in total. The van der Waals surface area contributed by atoms with Crippen molar-refractivity contribution in [1.82, 2.24) is 0 Å². The third-order valence-corrected chi connectivity index (χ3v) is 0.778. The van der Waals surface area contributed by atoms with Gasteiger partial charge in [0.1, 0.15) is 6.61 Å². The van der Waals surface area contributed by atoms with Crippen LogP contribution in [-0.2, 0) is 9.53 Å². The molecule has 0 aromatic heterocycles. The van der Waals surface area contributed by atoms with Crippen LogP contribution in [-0.4, -0.2) is 23.1 Å². The highest BCUT2D eigenvalue weighted by Gasteiger charge is 2.13. The fourth-order valence-electron chi connectivity index (χ4n) is 0.280. The third kappa shape index (κ3) is 2.79. The molecule has 10 heavy (non-hydrogen) atoms. The van der Waals surface area contributed by atoms with E-state index in [0.717, 1.165) is 0 Å². The molecule has 0 aliphatic carbocycles. The number of nitrogens with zero attached hydrogens (tertiary/aromatic N) is 2. The maximum Gasteiger partial charge on any atom is 0.416 e. The summed E-state index contributed by atoms with van der Waals surface area (Å²) in [5.74, 6) is -0.637. The molecule has 0 saturated carbocycles. The molecule has 4 heteroatoms. The topological polar surface area (TPSA) is 62.7 Å². The van der Waals surface area contributed by atoms with Gasteiger partial charge < -0.3 is 10.3 Å². The minimum Gasteiger partial charge on any atom is -0.453 e. The van der Waals surface area contributed by atoms with E-state index in [-0.39, 0.29) is 12.3 Å². The summed E-state index contributed by atoms with van der Waals surface area (Å²) in [6, 6.07) is 0. The first-order valence-corrected chi connectivity index (χ1v) is 2.69.